The number of methoxy groups -OCH3 is 1. The third-order valence-electron chi connectivity index (χ3n) is 1.79. The predicted octanol–water partition coefficient (Wildman–Crippen LogP) is 1.55. The third kappa shape index (κ3) is 1.66. The Labute approximate surface area is 56.2 Å². The normalized spacial score (nSPS) is 35.3. The lowest BCUT2D eigenvalue weighted by Gasteiger charge is -2.09. The molecule has 9 heavy (non-hydrogen) atoms. The molecule has 0 radical (unpaired) electrons. The van der Waals surface area contributed by atoms with Crippen LogP contribution in [0.4, 0.5) is 0 Å². The van der Waals surface area contributed by atoms with Crippen LogP contribution in [0.1, 0.15) is 26.2 Å². The average Bonchev–Trinajstić information content (AvgIpc) is 2.34. The number of hydrogen-bond acceptors (Lipinski definition) is 2. The van der Waals surface area contributed by atoms with Crippen LogP contribution >= 0.6 is 0 Å². The molecule has 2 nitrogen and oxygen atoms in total. The first-order valence-corrected chi connectivity index (χ1v) is 3.55. The van der Waals surface area contributed by atoms with Gasteiger partial charge in [0.05, 0.1) is 6.10 Å². The maximum atomic E-state index is 5.44. The number of ether oxygens (including phenoxy) is 2. The highest BCUT2D eigenvalue weighted by atomic mass is 16.7. The minimum absolute atomic E-state index is 0.0787. The highest BCUT2D eigenvalue weighted by molar-refractivity contribution is 4.65. The monoisotopic (exact) mass is 130 g/mol. The van der Waals surface area contributed by atoms with Gasteiger partial charge in [-0.15, -0.1) is 0 Å². The zero-order valence-electron chi connectivity index (χ0n) is 6.09. The summed E-state index contributed by atoms with van der Waals surface area (Å²) in [5.74, 6) is 0. The Bertz CT molecular complexity index is 73.0. The highest BCUT2D eigenvalue weighted by Crippen LogP contribution is 2.21. The molecule has 2 unspecified atom stereocenters. The smallest absolute Gasteiger partial charge is 0.157 e. The second-order valence-corrected chi connectivity index (χ2v) is 2.41. The minimum atomic E-state index is 0.0787. The zero-order valence-corrected chi connectivity index (χ0v) is 6.09. The van der Waals surface area contributed by atoms with Crippen molar-refractivity contribution in [1.82, 2.24) is 0 Å². The van der Waals surface area contributed by atoms with E-state index in [0.717, 1.165) is 19.3 Å². The molecule has 0 aromatic rings. The van der Waals surface area contributed by atoms with Crippen molar-refractivity contribution in [2.75, 3.05) is 7.11 Å². The minimum Gasteiger partial charge on any atom is -0.356 e. The van der Waals surface area contributed by atoms with Crippen molar-refractivity contribution < 1.29 is 9.47 Å². The van der Waals surface area contributed by atoms with E-state index >= 15 is 0 Å². The first-order chi connectivity index (χ1) is 4.36. The molecule has 0 spiro atoms. The summed E-state index contributed by atoms with van der Waals surface area (Å²) < 4.78 is 10.5. The second kappa shape index (κ2) is 3.18. The molecule has 1 aliphatic heterocycles. The van der Waals surface area contributed by atoms with Crippen molar-refractivity contribution in [3.05, 3.63) is 0 Å². The lowest BCUT2D eigenvalue weighted by atomic mass is 10.2. The van der Waals surface area contributed by atoms with E-state index in [1.165, 1.54) is 0 Å². The van der Waals surface area contributed by atoms with Crippen LogP contribution in [0.5, 0.6) is 0 Å². The fourth-order valence-electron chi connectivity index (χ4n) is 1.15. The Balaban J connectivity index is 2.20. The van der Waals surface area contributed by atoms with Gasteiger partial charge in [0.2, 0.25) is 0 Å². The lowest BCUT2D eigenvalue weighted by Crippen LogP contribution is -2.11. The molecule has 1 saturated heterocycles. The fourth-order valence-corrected chi connectivity index (χ4v) is 1.15. The van der Waals surface area contributed by atoms with Crippen molar-refractivity contribution in [3.63, 3.8) is 0 Å². The molecule has 0 saturated carbocycles. The molecule has 1 heterocycles. The molecule has 54 valence electrons. The fraction of sp³-hybridized carbons (Fsp3) is 1.00. The van der Waals surface area contributed by atoms with E-state index in [9.17, 15) is 0 Å². The Morgan fingerprint density at radius 3 is 2.67 bits per heavy atom. The Kier molecular flexibility index (Phi) is 2.49. The summed E-state index contributed by atoms with van der Waals surface area (Å²) in [5, 5.41) is 0. The van der Waals surface area contributed by atoms with Crippen LogP contribution in [-0.4, -0.2) is 19.5 Å². The summed E-state index contributed by atoms with van der Waals surface area (Å²) in [6.45, 7) is 2.14. The van der Waals surface area contributed by atoms with Gasteiger partial charge in [0.1, 0.15) is 0 Å². The lowest BCUT2D eigenvalue weighted by molar-refractivity contribution is -0.114. The van der Waals surface area contributed by atoms with Gasteiger partial charge in [-0.3, -0.25) is 0 Å². The van der Waals surface area contributed by atoms with Crippen LogP contribution in [0.15, 0.2) is 0 Å². The Morgan fingerprint density at radius 1 is 1.56 bits per heavy atom. The molecular formula is C7H14O2. The molecule has 1 rings (SSSR count). The van der Waals surface area contributed by atoms with Crippen molar-refractivity contribution >= 4 is 0 Å². The molecule has 2 atom stereocenters. The predicted molar refractivity (Wildman–Crippen MR) is 35.2 cm³/mol. The standard InChI is InChI=1S/C7H14O2/c1-3-6-4-5-7(8-2)9-6/h6-7H,3-5H2,1-2H3. The molecule has 1 fully saturated rings. The van der Waals surface area contributed by atoms with Crippen LogP contribution < -0.4 is 0 Å². The van der Waals surface area contributed by atoms with Crippen LogP contribution in [0.25, 0.3) is 0 Å². The molecule has 0 aromatic carbocycles. The molecular weight excluding hydrogens is 116 g/mol. The van der Waals surface area contributed by atoms with Crippen LogP contribution in [0, 0.1) is 0 Å². The van der Waals surface area contributed by atoms with Gasteiger partial charge in [0.15, 0.2) is 6.29 Å². The average molecular weight is 130 g/mol. The molecule has 0 N–H and O–H groups in total. The summed E-state index contributed by atoms with van der Waals surface area (Å²) in [7, 11) is 1.70. The van der Waals surface area contributed by atoms with E-state index in [1.807, 2.05) is 0 Å². The summed E-state index contributed by atoms with van der Waals surface area (Å²) in [5.41, 5.74) is 0. The van der Waals surface area contributed by atoms with Crippen molar-refractivity contribution in [2.24, 2.45) is 0 Å². The van der Waals surface area contributed by atoms with Gasteiger partial charge >= 0.3 is 0 Å². The van der Waals surface area contributed by atoms with Gasteiger partial charge in [0, 0.05) is 13.5 Å². The summed E-state index contributed by atoms with van der Waals surface area (Å²) in [6, 6.07) is 0. The summed E-state index contributed by atoms with van der Waals surface area (Å²) in [4.78, 5) is 0. The summed E-state index contributed by atoms with van der Waals surface area (Å²) in [6.07, 6.45) is 3.87. The van der Waals surface area contributed by atoms with Crippen LogP contribution in [-0.2, 0) is 9.47 Å². The topological polar surface area (TPSA) is 18.5 Å². The molecule has 1 aliphatic rings. The summed E-state index contributed by atoms with van der Waals surface area (Å²) >= 11 is 0. The van der Waals surface area contributed by atoms with E-state index in [2.05, 4.69) is 6.92 Å². The van der Waals surface area contributed by atoms with Gasteiger partial charge in [0.25, 0.3) is 0 Å². The maximum absolute atomic E-state index is 5.44. The third-order valence-corrected chi connectivity index (χ3v) is 1.79. The SMILES string of the molecule is CCC1CCC(OC)O1. The number of hydrogen-bond donors (Lipinski definition) is 0. The van der Waals surface area contributed by atoms with Crippen molar-refractivity contribution in [1.29, 1.82) is 0 Å². The molecule has 0 aromatic heterocycles. The van der Waals surface area contributed by atoms with Crippen LogP contribution in [0.3, 0.4) is 0 Å². The highest BCUT2D eigenvalue weighted by Gasteiger charge is 2.22. The quantitative estimate of drug-likeness (QED) is 0.564. The Morgan fingerprint density at radius 2 is 2.33 bits per heavy atom. The van der Waals surface area contributed by atoms with Gasteiger partial charge < -0.3 is 9.47 Å². The molecule has 0 aliphatic carbocycles. The zero-order chi connectivity index (χ0) is 6.69. The number of rotatable bonds is 2. The van der Waals surface area contributed by atoms with Gasteiger partial charge in [-0.2, -0.15) is 0 Å². The van der Waals surface area contributed by atoms with Crippen molar-refractivity contribution in [2.45, 2.75) is 38.6 Å². The van der Waals surface area contributed by atoms with E-state index < -0.39 is 0 Å². The van der Waals surface area contributed by atoms with E-state index in [4.69, 9.17) is 9.47 Å². The first kappa shape index (κ1) is 7.03. The van der Waals surface area contributed by atoms with Gasteiger partial charge in [-0.25, -0.2) is 0 Å². The largest absolute Gasteiger partial charge is 0.356 e. The molecule has 0 amide bonds. The van der Waals surface area contributed by atoms with E-state index in [0.29, 0.717) is 6.10 Å². The van der Waals surface area contributed by atoms with E-state index in [-0.39, 0.29) is 6.29 Å². The second-order valence-electron chi connectivity index (χ2n) is 2.41. The van der Waals surface area contributed by atoms with Crippen LogP contribution in [0.2, 0.25) is 0 Å². The van der Waals surface area contributed by atoms with Gasteiger partial charge in [-0.05, 0) is 12.8 Å². The first-order valence-electron chi connectivity index (χ1n) is 3.55. The van der Waals surface area contributed by atoms with Gasteiger partial charge in [-0.1, -0.05) is 6.92 Å². The van der Waals surface area contributed by atoms with E-state index in [1.54, 1.807) is 7.11 Å². The molecule has 2 heteroatoms. The van der Waals surface area contributed by atoms with Crippen molar-refractivity contribution in [3.8, 4) is 0 Å². The molecule has 0 bridgehead atoms. The Hall–Kier alpha value is -0.0800. The maximum Gasteiger partial charge on any atom is 0.157 e.